The molecular weight excluding hydrogens is 274 g/mol. The van der Waals surface area contributed by atoms with Crippen LogP contribution in [0.3, 0.4) is 0 Å². The van der Waals surface area contributed by atoms with E-state index in [4.69, 9.17) is 9.47 Å². The fraction of sp³-hybridized carbons (Fsp3) is 0.714. The predicted octanol–water partition coefficient (Wildman–Crippen LogP) is 2.29. The van der Waals surface area contributed by atoms with Crippen LogP contribution in [0.4, 0.5) is 5.82 Å². The van der Waals surface area contributed by atoms with Gasteiger partial charge in [0.15, 0.2) is 5.82 Å². The standard InChI is InChI=1S/C14H23N3O2S/c1-18-10-14-16-12(11-4-6-19-9-11)8-13(17-14)15-5-3-7-20-2/h8,11H,3-7,9-10H2,1-2H3,(H,15,16,17)/t11-/m1/s1. The van der Waals surface area contributed by atoms with E-state index in [0.29, 0.717) is 12.5 Å². The molecule has 0 aliphatic carbocycles. The van der Waals surface area contributed by atoms with Gasteiger partial charge in [0.05, 0.1) is 12.3 Å². The summed E-state index contributed by atoms with van der Waals surface area (Å²) < 4.78 is 10.6. The molecule has 0 bridgehead atoms. The number of nitrogens with zero attached hydrogens (tertiary/aromatic N) is 2. The first-order chi connectivity index (χ1) is 9.83. The summed E-state index contributed by atoms with van der Waals surface area (Å²) in [5.74, 6) is 3.19. The Hall–Kier alpha value is -0.850. The van der Waals surface area contributed by atoms with E-state index in [0.717, 1.165) is 55.7 Å². The lowest BCUT2D eigenvalue weighted by Crippen LogP contribution is -2.11. The summed E-state index contributed by atoms with van der Waals surface area (Å²) in [6.07, 6.45) is 4.29. The number of ether oxygens (including phenoxy) is 2. The lowest BCUT2D eigenvalue weighted by Gasteiger charge is -2.12. The SMILES string of the molecule is COCc1nc(NCCCSC)cc([C@@H]2CCOC2)n1. The zero-order valence-corrected chi connectivity index (χ0v) is 13.0. The third-order valence-electron chi connectivity index (χ3n) is 3.25. The first-order valence-corrected chi connectivity index (χ1v) is 8.40. The average molecular weight is 297 g/mol. The molecule has 1 fully saturated rings. The molecule has 0 radical (unpaired) electrons. The molecule has 1 aliphatic heterocycles. The molecule has 2 rings (SSSR count). The highest BCUT2D eigenvalue weighted by atomic mass is 32.2. The van der Waals surface area contributed by atoms with Gasteiger partial charge in [0.1, 0.15) is 12.4 Å². The summed E-state index contributed by atoms with van der Waals surface area (Å²) in [6.45, 7) is 2.96. The van der Waals surface area contributed by atoms with Gasteiger partial charge in [-0.2, -0.15) is 11.8 Å². The average Bonchev–Trinajstić information content (AvgIpc) is 2.98. The van der Waals surface area contributed by atoms with Gasteiger partial charge >= 0.3 is 0 Å². The van der Waals surface area contributed by atoms with Crippen LogP contribution in [-0.4, -0.2) is 48.8 Å². The van der Waals surface area contributed by atoms with Crippen molar-refractivity contribution in [3.8, 4) is 0 Å². The lowest BCUT2D eigenvalue weighted by atomic mass is 10.0. The van der Waals surface area contributed by atoms with E-state index in [-0.39, 0.29) is 0 Å². The Kier molecular flexibility index (Phi) is 6.56. The van der Waals surface area contributed by atoms with Crippen molar-refractivity contribution in [1.82, 2.24) is 9.97 Å². The summed E-state index contributed by atoms with van der Waals surface area (Å²) in [6, 6.07) is 2.05. The highest BCUT2D eigenvalue weighted by molar-refractivity contribution is 7.98. The van der Waals surface area contributed by atoms with E-state index in [9.17, 15) is 0 Å². The molecule has 5 nitrogen and oxygen atoms in total. The van der Waals surface area contributed by atoms with E-state index in [1.807, 2.05) is 11.8 Å². The first kappa shape index (κ1) is 15.5. The maximum absolute atomic E-state index is 5.45. The van der Waals surface area contributed by atoms with E-state index in [1.54, 1.807) is 7.11 Å². The van der Waals surface area contributed by atoms with E-state index in [1.165, 1.54) is 0 Å². The van der Waals surface area contributed by atoms with Gasteiger partial charge in [-0.1, -0.05) is 0 Å². The van der Waals surface area contributed by atoms with Crippen molar-refractivity contribution < 1.29 is 9.47 Å². The minimum atomic E-state index is 0.389. The zero-order chi connectivity index (χ0) is 14.2. The summed E-state index contributed by atoms with van der Waals surface area (Å²) >= 11 is 1.86. The molecule has 1 atom stereocenters. The van der Waals surface area contributed by atoms with Crippen LogP contribution in [0.1, 0.15) is 30.3 Å². The molecule has 0 amide bonds. The fourth-order valence-corrected chi connectivity index (χ4v) is 2.64. The molecule has 20 heavy (non-hydrogen) atoms. The second-order valence-electron chi connectivity index (χ2n) is 4.86. The molecule has 0 unspecified atom stereocenters. The Morgan fingerprint density at radius 2 is 2.40 bits per heavy atom. The van der Waals surface area contributed by atoms with Crippen LogP contribution in [0.25, 0.3) is 0 Å². The van der Waals surface area contributed by atoms with E-state index < -0.39 is 0 Å². The van der Waals surface area contributed by atoms with Crippen LogP contribution in [0.15, 0.2) is 6.07 Å². The molecule has 1 aromatic rings. The highest BCUT2D eigenvalue weighted by Gasteiger charge is 2.20. The number of thioether (sulfide) groups is 1. The van der Waals surface area contributed by atoms with E-state index >= 15 is 0 Å². The minimum Gasteiger partial charge on any atom is -0.381 e. The summed E-state index contributed by atoms with van der Waals surface area (Å²) in [5, 5.41) is 3.38. The topological polar surface area (TPSA) is 56.3 Å². The number of methoxy groups -OCH3 is 1. The van der Waals surface area contributed by atoms with Crippen molar-refractivity contribution in [3.05, 3.63) is 17.6 Å². The zero-order valence-electron chi connectivity index (χ0n) is 12.2. The van der Waals surface area contributed by atoms with Crippen molar-refractivity contribution >= 4 is 17.6 Å². The molecule has 1 saturated heterocycles. The minimum absolute atomic E-state index is 0.389. The largest absolute Gasteiger partial charge is 0.381 e. The Labute approximate surface area is 124 Å². The van der Waals surface area contributed by atoms with E-state index in [2.05, 4.69) is 27.6 Å². The third-order valence-corrected chi connectivity index (χ3v) is 3.94. The van der Waals surface area contributed by atoms with Gasteiger partial charge in [0.25, 0.3) is 0 Å². The Morgan fingerprint density at radius 1 is 1.50 bits per heavy atom. The number of aromatic nitrogens is 2. The summed E-state index contributed by atoms with van der Waals surface area (Å²) in [5.41, 5.74) is 1.07. The monoisotopic (exact) mass is 297 g/mol. The maximum atomic E-state index is 5.45. The van der Waals surface area contributed by atoms with Crippen LogP contribution < -0.4 is 5.32 Å². The molecule has 1 aliphatic rings. The fourth-order valence-electron chi connectivity index (χ4n) is 2.21. The second-order valence-corrected chi connectivity index (χ2v) is 5.85. The molecule has 0 spiro atoms. The number of rotatable bonds is 8. The lowest BCUT2D eigenvalue weighted by molar-refractivity contribution is 0.177. The smallest absolute Gasteiger partial charge is 0.156 e. The molecule has 1 N–H and O–H groups in total. The molecule has 112 valence electrons. The van der Waals surface area contributed by atoms with Gasteiger partial charge in [-0.05, 0) is 24.9 Å². The maximum Gasteiger partial charge on any atom is 0.156 e. The quantitative estimate of drug-likeness (QED) is 0.743. The first-order valence-electron chi connectivity index (χ1n) is 7.01. The molecule has 0 saturated carbocycles. The van der Waals surface area contributed by atoms with Crippen LogP contribution in [0, 0.1) is 0 Å². The van der Waals surface area contributed by atoms with Gasteiger partial charge in [0, 0.05) is 32.2 Å². The van der Waals surface area contributed by atoms with Crippen molar-refractivity contribution in [2.45, 2.75) is 25.4 Å². The van der Waals surface area contributed by atoms with Crippen LogP contribution in [-0.2, 0) is 16.1 Å². The Bertz CT molecular complexity index is 411. The van der Waals surface area contributed by atoms with Gasteiger partial charge < -0.3 is 14.8 Å². The predicted molar refractivity (Wildman–Crippen MR) is 82.4 cm³/mol. The van der Waals surface area contributed by atoms with Crippen LogP contribution >= 0.6 is 11.8 Å². The number of hydrogen-bond acceptors (Lipinski definition) is 6. The summed E-state index contributed by atoms with van der Waals surface area (Å²) in [4.78, 5) is 9.09. The normalized spacial score (nSPS) is 18.4. The Morgan fingerprint density at radius 3 is 3.10 bits per heavy atom. The van der Waals surface area contributed by atoms with Gasteiger partial charge in [-0.3, -0.25) is 0 Å². The molecule has 6 heteroatoms. The number of nitrogens with one attached hydrogen (secondary N) is 1. The number of anilines is 1. The molecular formula is C14H23N3O2S. The number of hydrogen-bond donors (Lipinski definition) is 1. The highest BCUT2D eigenvalue weighted by Crippen LogP contribution is 2.25. The molecule has 1 aromatic heterocycles. The van der Waals surface area contributed by atoms with Crippen molar-refractivity contribution in [2.24, 2.45) is 0 Å². The summed E-state index contributed by atoms with van der Waals surface area (Å²) in [7, 11) is 1.67. The third kappa shape index (κ3) is 4.61. The van der Waals surface area contributed by atoms with Crippen molar-refractivity contribution in [3.63, 3.8) is 0 Å². The van der Waals surface area contributed by atoms with Crippen LogP contribution in [0.2, 0.25) is 0 Å². The molecule has 2 heterocycles. The van der Waals surface area contributed by atoms with Crippen molar-refractivity contribution in [2.75, 3.05) is 44.2 Å². The van der Waals surface area contributed by atoms with Gasteiger partial charge in [-0.15, -0.1) is 0 Å². The van der Waals surface area contributed by atoms with Crippen LogP contribution in [0.5, 0.6) is 0 Å². The van der Waals surface area contributed by atoms with Gasteiger partial charge in [-0.25, -0.2) is 9.97 Å². The van der Waals surface area contributed by atoms with Crippen molar-refractivity contribution in [1.29, 1.82) is 0 Å². The Balaban J connectivity index is 2.04. The second kappa shape index (κ2) is 8.44. The molecule has 0 aromatic carbocycles. The van der Waals surface area contributed by atoms with Gasteiger partial charge in [0.2, 0.25) is 0 Å².